The van der Waals surface area contributed by atoms with E-state index in [1.54, 1.807) is 20.0 Å². The lowest BCUT2D eigenvalue weighted by Gasteiger charge is -2.28. The first-order valence-corrected chi connectivity index (χ1v) is 13.7. The van der Waals surface area contributed by atoms with Gasteiger partial charge in [-0.15, -0.1) is 11.3 Å². The molecule has 0 spiro atoms. The fourth-order valence-electron chi connectivity index (χ4n) is 4.83. The standard InChI is InChI=1S/C26H38N6O4S/c1-6-36-12-8-7-10-28-25-29-14(2)19(24-31-20-15(3)27-11-9-18(20)37-24)23(32-25)30-17-13-16(26(4,5)35)21(33)22(17)34/h9,11,16-17,21-22,33-35H,6-8,10,12-13H2,1-5H3,(H2,28,29,30,32)/t16-,17?,21+,22-/m0/s1. The second-order valence-corrected chi connectivity index (χ2v) is 11.2. The molecule has 0 amide bonds. The average molecular weight is 531 g/mol. The maximum atomic E-state index is 10.8. The molecule has 3 aromatic heterocycles. The first kappa shape index (κ1) is 27.6. The molecule has 1 aliphatic rings. The van der Waals surface area contributed by atoms with Crippen molar-refractivity contribution in [2.75, 3.05) is 30.4 Å². The van der Waals surface area contributed by atoms with Crippen LogP contribution in [0.15, 0.2) is 12.3 Å². The van der Waals surface area contributed by atoms with E-state index in [1.165, 1.54) is 11.3 Å². The highest BCUT2D eigenvalue weighted by atomic mass is 32.1. The number of rotatable bonds is 11. The number of nitrogens with one attached hydrogen (secondary N) is 2. The van der Waals surface area contributed by atoms with Crippen molar-refractivity contribution in [2.45, 2.75) is 77.7 Å². The third-order valence-corrected chi connectivity index (χ3v) is 7.95. The Hall–Kier alpha value is -2.44. The number of fused-ring (bicyclic) bond motifs is 1. The Morgan fingerprint density at radius 1 is 1.11 bits per heavy atom. The molecular weight excluding hydrogens is 492 g/mol. The molecule has 5 N–H and O–H groups in total. The van der Waals surface area contributed by atoms with Gasteiger partial charge in [-0.3, -0.25) is 4.98 Å². The summed E-state index contributed by atoms with van der Waals surface area (Å²) < 4.78 is 6.42. The first-order valence-electron chi connectivity index (χ1n) is 12.9. The zero-order valence-electron chi connectivity index (χ0n) is 22.2. The van der Waals surface area contributed by atoms with E-state index in [9.17, 15) is 15.3 Å². The molecule has 10 nitrogen and oxygen atoms in total. The molecule has 0 bridgehead atoms. The zero-order chi connectivity index (χ0) is 26.7. The number of thiazole rings is 1. The number of aryl methyl sites for hydroxylation is 2. The Balaban J connectivity index is 1.65. The van der Waals surface area contributed by atoms with E-state index >= 15 is 0 Å². The number of aliphatic hydroxyl groups is 3. The van der Waals surface area contributed by atoms with Gasteiger partial charge in [0.2, 0.25) is 5.95 Å². The van der Waals surface area contributed by atoms with Gasteiger partial charge in [0.05, 0.1) is 39.4 Å². The van der Waals surface area contributed by atoms with Crippen LogP contribution in [0.4, 0.5) is 11.8 Å². The van der Waals surface area contributed by atoms with E-state index in [0.717, 1.165) is 51.6 Å². The van der Waals surface area contributed by atoms with Crippen molar-refractivity contribution in [3.63, 3.8) is 0 Å². The van der Waals surface area contributed by atoms with E-state index < -0.39 is 29.8 Å². The van der Waals surface area contributed by atoms with Crippen LogP contribution in [0.5, 0.6) is 0 Å². The molecule has 37 heavy (non-hydrogen) atoms. The Morgan fingerprint density at radius 3 is 2.57 bits per heavy atom. The highest BCUT2D eigenvalue weighted by Gasteiger charge is 2.48. The number of hydrogen-bond donors (Lipinski definition) is 5. The van der Waals surface area contributed by atoms with Crippen LogP contribution in [0.1, 0.15) is 51.4 Å². The second kappa shape index (κ2) is 11.5. The molecule has 3 aromatic rings. The van der Waals surface area contributed by atoms with E-state index in [4.69, 9.17) is 19.7 Å². The fraction of sp³-hybridized carbons (Fsp3) is 0.615. The molecule has 0 aromatic carbocycles. The SMILES string of the molecule is CCOCCCCNc1nc(C)c(-c2nc3c(C)nccc3s2)c(NC2C[C@H](C(C)(C)O)[C@@H](O)[C@H]2O)n1. The van der Waals surface area contributed by atoms with Crippen LogP contribution in [-0.2, 0) is 4.74 Å². The van der Waals surface area contributed by atoms with Gasteiger partial charge in [-0.2, -0.15) is 4.98 Å². The summed E-state index contributed by atoms with van der Waals surface area (Å²) in [4.78, 5) is 18.7. The molecule has 3 heterocycles. The zero-order valence-corrected chi connectivity index (χ0v) is 23.0. The number of anilines is 2. The van der Waals surface area contributed by atoms with Crippen LogP contribution in [0.3, 0.4) is 0 Å². The average Bonchev–Trinajstić information content (AvgIpc) is 3.38. The van der Waals surface area contributed by atoms with Gasteiger partial charge in [-0.1, -0.05) is 0 Å². The topological polar surface area (TPSA) is 146 Å². The van der Waals surface area contributed by atoms with Gasteiger partial charge >= 0.3 is 0 Å². The quantitative estimate of drug-likeness (QED) is 0.234. The van der Waals surface area contributed by atoms with Gasteiger partial charge < -0.3 is 30.7 Å². The predicted molar refractivity (Wildman–Crippen MR) is 146 cm³/mol. The van der Waals surface area contributed by atoms with Crippen LogP contribution < -0.4 is 10.6 Å². The van der Waals surface area contributed by atoms with E-state index in [1.807, 2.05) is 26.8 Å². The summed E-state index contributed by atoms with van der Waals surface area (Å²) in [5.74, 6) is 0.526. The summed E-state index contributed by atoms with van der Waals surface area (Å²) in [6.07, 6.45) is 1.90. The molecule has 0 saturated heterocycles. The van der Waals surface area contributed by atoms with Gasteiger partial charge in [0.1, 0.15) is 22.4 Å². The number of pyridine rings is 1. The number of aliphatic hydroxyl groups excluding tert-OH is 2. The van der Waals surface area contributed by atoms with Gasteiger partial charge in [0, 0.05) is 31.9 Å². The molecule has 0 radical (unpaired) electrons. The largest absolute Gasteiger partial charge is 0.390 e. The maximum Gasteiger partial charge on any atom is 0.224 e. The summed E-state index contributed by atoms with van der Waals surface area (Å²) in [7, 11) is 0. The Kier molecular flexibility index (Phi) is 8.59. The van der Waals surface area contributed by atoms with E-state index in [0.29, 0.717) is 31.3 Å². The Morgan fingerprint density at radius 2 is 1.89 bits per heavy atom. The lowest BCUT2D eigenvalue weighted by atomic mass is 9.88. The van der Waals surface area contributed by atoms with Crippen molar-refractivity contribution >= 4 is 33.3 Å². The number of nitrogens with zero attached hydrogens (tertiary/aromatic N) is 4. The number of hydrogen-bond acceptors (Lipinski definition) is 11. The van der Waals surface area contributed by atoms with Gasteiger partial charge in [-0.25, -0.2) is 9.97 Å². The third-order valence-electron chi connectivity index (χ3n) is 6.91. The van der Waals surface area contributed by atoms with Crippen molar-refractivity contribution in [1.29, 1.82) is 0 Å². The molecular formula is C26H38N6O4S. The second-order valence-electron chi connectivity index (χ2n) is 10.2. The van der Waals surface area contributed by atoms with Gasteiger partial charge in [0.15, 0.2) is 0 Å². The summed E-state index contributed by atoms with van der Waals surface area (Å²) >= 11 is 1.53. The molecule has 4 atom stereocenters. The van der Waals surface area contributed by atoms with Crippen molar-refractivity contribution in [3.05, 3.63) is 23.7 Å². The fourth-order valence-corrected chi connectivity index (χ4v) is 5.94. The monoisotopic (exact) mass is 530 g/mol. The van der Waals surface area contributed by atoms with Crippen LogP contribution in [0, 0.1) is 19.8 Å². The van der Waals surface area contributed by atoms with Gasteiger partial charge in [-0.05, 0) is 59.9 Å². The van der Waals surface area contributed by atoms with Crippen LogP contribution in [0.2, 0.25) is 0 Å². The number of ether oxygens (including phenoxy) is 1. The summed E-state index contributed by atoms with van der Waals surface area (Å²) in [5, 5.41) is 39.4. The maximum absolute atomic E-state index is 10.8. The van der Waals surface area contributed by atoms with Gasteiger partial charge in [0.25, 0.3) is 0 Å². The number of unbranched alkanes of at least 4 members (excludes halogenated alkanes) is 1. The predicted octanol–water partition coefficient (Wildman–Crippen LogP) is 3.29. The molecule has 11 heteroatoms. The third kappa shape index (κ3) is 6.18. The molecule has 0 aliphatic heterocycles. The highest BCUT2D eigenvalue weighted by molar-refractivity contribution is 7.21. The summed E-state index contributed by atoms with van der Waals surface area (Å²) in [6, 6.07) is 1.44. The van der Waals surface area contributed by atoms with Crippen molar-refractivity contribution in [2.24, 2.45) is 5.92 Å². The minimum atomic E-state index is -1.13. The summed E-state index contributed by atoms with van der Waals surface area (Å²) in [6.45, 7) is 11.3. The van der Waals surface area contributed by atoms with E-state index in [-0.39, 0.29) is 0 Å². The van der Waals surface area contributed by atoms with E-state index in [2.05, 4.69) is 15.6 Å². The lowest BCUT2D eigenvalue weighted by Crippen LogP contribution is -2.40. The smallest absolute Gasteiger partial charge is 0.224 e. The van der Waals surface area contributed by atoms with Crippen LogP contribution in [-0.4, -0.2) is 78.9 Å². The van der Waals surface area contributed by atoms with Crippen LogP contribution >= 0.6 is 11.3 Å². The summed E-state index contributed by atoms with van der Waals surface area (Å²) in [5.41, 5.74) is 2.04. The molecule has 1 saturated carbocycles. The molecule has 1 unspecified atom stereocenters. The molecule has 4 rings (SSSR count). The normalized spacial score (nSPS) is 22.1. The minimum Gasteiger partial charge on any atom is -0.390 e. The van der Waals surface area contributed by atoms with Crippen molar-refractivity contribution < 1.29 is 20.1 Å². The molecule has 202 valence electrons. The van der Waals surface area contributed by atoms with Crippen molar-refractivity contribution in [1.82, 2.24) is 19.9 Å². The van der Waals surface area contributed by atoms with Crippen molar-refractivity contribution in [3.8, 4) is 10.6 Å². The lowest BCUT2D eigenvalue weighted by molar-refractivity contribution is -0.0601. The minimum absolute atomic E-state index is 0.386. The highest BCUT2D eigenvalue weighted by Crippen LogP contribution is 2.40. The first-order chi connectivity index (χ1) is 17.6. The Bertz CT molecular complexity index is 1210. The molecule has 1 fully saturated rings. The van der Waals surface area contributed by atoms with Crippen LogP contribution in [0.25, 0.3) is 20.8 Å². The molecule has 1 aliphatic carbocycles. The Labute approximate surface area is 221 Å². The number of aromatic nitrogens is 4.